The van der Waals surface area contributed by atoms with Gasteiger partial charge in [-0.15, -0.1) is 6.58 Å². The first-order chi connectivity index (χ1) is 14.0. The third-order valence-electron chi connectivity index (χ3n) is 4.51. The highest BCUT2D eigenvalue weighted by Crippen LogP contribution is 2.34. The lowest BCUT2D eigenvalue weighted by Crippen LogP contribution is -2.39. The largest absolute Gasteiger partial charge is 0.452 e. The SMILES string of the molecule is C=CCc1cccc2c1C(=O)OC(C)(C)O2.Cc1cccc2c1C(=O)OC(C)(C)O2. The predicted octanol–water partition coefficient (Wildman–Crippen LogP) is 4.98. The van der Waals surface area contributed by atoms with Crippen LogP contribution in [-0.2, 0) is 15.9 Å². The third-order valence-corrected chi connectivity index (χ3v) is 4.51. The monoisotopic (exact) mass is 410 g/mol. The van der Waals surface area contributed by atoms with Gasteiger partial charge in [0, 0.05) is 27.7 Å². The number of benzene rings is 2. The van der Waals surface area contributed by atoms with Crippen LogP contribution in [0.4, 0.5) is 0 Å². The van der Waals surface area contributed by atoms with Gasteiger partial charge in [0.1, 0.15) is 22.6 Å². The first-order valence-electron chi connectivity index (χ1n) is 9.70. The molecular formula is C24H26O6. The highest BCUT2D eigenvalue weighted by molar-refractivity contribution is 5.95. The average Bonchev–Trinajstić information content (AvgIpc) is 2.60. The van der Waals surface area contributed by atoms with Crippen LogP contribution < -0.4 is 9.47 Å². The van der Waals surface area contributed by atoms with Crippen LogP contribution >= 0.6 is 0 Å². The molecular weight excluding hydrogens is 384 g/mol. The fourth-order valence-corrected chi connectivity index (χ4v) is 3.33. The number of hydrogen-bond donors (Lipinski definition) is 0. The molecule has 0 atom stereocenters. The summed E-state index contributed by atoms with van der Waals surface area (Å²) in [5, 5.41) is 0. The van der Waals surface area contributed by atoms with E-state index in [9.17, 15) is 9.59 Å². The van der Waals surface area contributed by atoms with Gasteiger partial charge in [0.05, 0.1) is 0 Å². The number of carbonyl (C=O) groups excluding carboxylic acids is 2. The van der Waals surface area contributed by atoms with Crippen molar-refractivity contribution in [3.63, 3.8) is 0 Å². The first kappa shape index (κ1) is 21.4. The molecule has 0 unspecified atom stereocenters. The summed E-state index contributed by atoms with van der Waals surface area (Å²) in [6.45, 7) is 12.4. The summed E-state index contributed by atoms with van der Waals surface area (Å²) in [5.74, 6) is -1.21. The lowest BCUT2D eigenvalue weighted by atomic mass is 10.0. The van der Waals surface area contributed by atoms with Gasteiger partial charge in [0.2, 0.25) is 11.6 Å². The molecule has 2 aromatic rings. The van der Waals surface area contributed by atoms with Gasteiger partial charge < -0.3 is 18.9 Å². The maximum absolute atomic E-state index is 11.9. The van der Waals surface area contributed by atoms with Crippen molar-refractivity contribution in [2.45, 2.75) is 52.6 Å². The second kappa shape index (κ2) is 7.86. The number of rotatable bonds is 2. The van der Waals surface area contributed by atoms with Gasteiger partial charge in [-0.1, -0.05) is 30.3 Å². The van der Waals surface area contributed by atoms with Crippen LogP contribution in [0.15, 0.2) is 49.1 Å². The number of esters is 2. The van der Waals surface area contributed by atoms with E-state index >= 15 is 0 Å². The fourth-order valence-electron chi connectivity index (χ4n) is 3.33. The van der Waals surface area contributed by atoms with E-state index in [0.29, 0.717) is 29.0 Å². The summed E-state index contributed by atoms with van der Waals surface area (Å²) in [4.78, 5) is 23.5. The first-order valence-corrected chi connectivity index (χ1v) is 9.70. The summed E-state index contributed by atoms with van der Waals surface area (Å²) in [7, 11) is 0. The summed E-state index contributed by atoms with van der Waals surface area (Å²) in [6, 6.07) is 11.0. The van der Waals surface area contributed by atoms with Crippen molar-refractivity contribution in [3.05, 3.63) is 71.3 Å². The minimum atomic E-state index is -0.892. The summed E-state index contributed by atoms with van der Waals surface area (Å²) in [6.07, 6.45) is 2.38. The van der Waals surface area contributed by atoms with E-state index in [-0.39, 0.29) is 11.9 Å². The van der Waals surface area contributed by atoms with E-state index in [4.69, 9.17) is 18.9 Å². The molecule has 2 heterocycles. The van der Waals surface area contributed by atoms with Gasteiger partial charge in [-0.25, -0.2) is 9.59 Å². The number of hydrogen-bond acceptors (Lipinski definition) is 6. The van der Waals surface area contributed by atoms with Gasteiger partial charge in [0.15, 0.2) is 0 Å². The zero-order chi connectivity index (χ0) is 22.1. The van der Waals surface area contributed by atoms with Crippen LogP contribution in [-0.4, -0.2) is 23.5 Å². The van der Waals surface area contributed by atoms with Crippen LogP contribution in [0, 0.1) is 6.92 Å². The number of cyclic esters (lactones) is 2. The van der Waals surface area contributed by atoms with Crippen molar-refractivity contribution < 1.29 is 28.5 Å². The maximum atomic E-state index is 11.9. The quantitative estimate of drug-likeness (QED) is 0.514. The zero-order valence-electron chi connectivity index (χ0n) is 17.9. The second-order valence-electron chi connectivity index (χ2n) is 8.01. The van der Waals surface area contributed by atoms with Gasteiger partial charge in [0.25, 0.3) is 0 Å². The Morgan fingerprint density at radius 1 is 0.800 bits per heavy atom. The van der Waals surface area contributed by atoms with E-state index in [1.807, 2.05) is 31.2 Å². The minimum Gasteiger partial charge on any atom is -0.452 e. The van der Waals surface area contributed by atoms with Crippen molar-refractivity contribution in [1.82, 2.24) is 0 Å². The van der Waals surface area contributed by atoms with Gasteiger partial charge in [-0.2, -0.15) is 0 Å². The van der Waals surface area contributed by atoms with Gasteiger partial charge >= 0.3 is 11.9 Å². The van der Waals surface area contributed by atoms with E-state index in [0.717, 1.165) is 11.1 Å². The lowest BCUT2D eigenvalue weighted by molar-refractivity contribution is -0.128. The van der Waals surface area contributed by atoms with E-state index in [1.165, 1.54) is 0 Å². The molecule has 0 saturated carbocycles. The molecule has 30 heavy (non-hydrogen) atoms. The van der Waals surface area contributed by atoms with E-state index < -0.39 is 11.6 Å². The van der Waals surface area contributed by atoms with Crippen LogP contribution in [0.3, 0.4) is 0 Å². The molecule has 2 aliphatic heterocycles. The Balaban J connectivity index is 0.000000172. The van der Waals surface area contributed by atoms with Crippen LogP contribution in [0.2, 0.25) is 0 Å². The van der Waals surface area contributed by atoms with E-state index in [1.54, 1.807) is 45.9 Å². The molecule has 0 amide bonds. The smallest absolute Gasteiger partial charge is 0.345 e. The average molecular weight is 410 g/mol. The van der Waals surface area contributed by atoms with Crippen molar-refractivity contribution in [1.29, 1.82) is 0 Å². The Bertz CT molecular complexity index is 1000. The Morgan fingerprint density at radius 2 is 1.30 bits per heavy atom. The topological polar surface area (TPSA) is 71.1 Å². The molecule has 158 valence electrons. The Labute approximate surface area is 176 Å². The molecule has 4 rings (SSSR count). The number of ether oxygens (including phenoxy) is 4. The highest BCUT2D eigenvalue weighted by atomic mass is 16.7. The molecule has 2 aliphatic rings. The lowest BCUT2D eigenvalue weighted by Gasteiger charge is -2.32. The highest BCUT2D eigenvalue weighted by Gasteiger charge is 2.35. The molecule has 0 saturated heterocycles. The van der Waals surface area contributed by atoms with Crippen LogP contribution in [0.25, 0.3) is 0 Å². The summed E-state index contributed by atoms with van der Waals surface area (Å²) >= 11 is 0. The number of allylic oxidation sites excluding steroid dienone is 1. The molecule has 6 nitrogen and oxygen atoms in total. The molecule has 0 radical (unpaired) electrons. The van der Waals surface area contributed by atoms with Gasteiger partial charge in [-0.05, 0) is 36.6 Å². The molecule has 6 heteroatoms. The molecule has 2 aromatic carbocycles. The second-order valence-corrected chi connectivity index (χ2v) is 8.01. The van der Waals surface area contributed by atoms with Crippen molar-refractivity contribution in [2.75, 3.05) is 0 Å². The Hall–Kier alpha value is -3.28. The summed E-state index contributed by atoms with van der Waals surface area (Å²) in [5.41, 5.74) is 2.81. The number of aryl methyl sites for hydroxylation is 1. The van der Waals surface area contributed by atoms with Crippen LogP contribution in [0.5, 0.6) is 11.5 Å². The molecule has 0 fully saturated rings. The third kappa shape index (κ3) is 4.48. The Kier molecular flexibility index (Phi) is 5.61. The molecule has 0 aromatic heterocycles. The molecule has 0 N–H and O–H groups in total. The number of fused-ring (bicyclic) bond motifs is 2. The van der Waals surface area contributed by atoms with Crippen molar-refractivity contribution >= 4 is 11.9 Å². The Morgan fingerprint density at radius 3 is 1.87 bits per heavy atom. The van der Waals surface area contributed by atoms with Gasteiger partial charge in [-0.3, -0.25) is 0 Å². The molecule has 0 aliphatic carbocycles. The predicted molar refractivity (Wildman–Crippen MR) is 112 cm³/mol. The normalized spacial score (nSPS) is 17.5. The van der Waals surface area contributed by atoms with Crippen molar-refractivity contribution in [3.8, 4) is 11.5 Å². The van der Waals surface area contributed by atoms with Crippen molar-refractivity contribution in [2.24, 2.45) is 0 Å². The minimum absolute atomic E-state index is 0.311. The summed E-state index contributed by atoms with van der Waals surface area (Å²) < 4.78 is 21.4. The zero-order valence-corrected chi connectivity index (χ0v) is 17.9. The van der Waals surface area contributed by atoms with E-state index in [2.05, 4.69) is 6.58 Å². The standard InChI is InChI=1S/C13H14O3.C11H12O3/c1-4-6-9-7-5-8-10-11(9)12(14)16-13(2,3)15-10;1-7-5-4-6-8-9(7)10(12)14-11(2,3)13-8/h4-5,7-8H,1,6H2,2-3H3;4-6H,1-3H3. The maximum Gasteiger partial charge on any atom is 0.345 e. The fraction of sp³-hybridized carbons (Fsp3) is 0.333. The van der Waals surface area contributed by atoms with Crippen LogP contribution in [0.1, 0.15) is 59.5 Å². The molecule has 0 spiro atoms. The number of carbonyl (C=O) groups is 2. The molecule has 0 bridgehead atoms.